The normalized spacial score (nSPS) is 15.1. The fourth-order valence-electron chi connectivity index (χ4n) is 3.08. The second-order valence-corrected chi connectivity index (χ2v) is 7.44. The van der Waals surface area contributed by atoms with Crippen molar-refractivity contribution in [2.75, 3.05) is 20.8 Å². The van der Waals surface area contributed by atoms with Crippen LogP contribution in [0.1, 0.15) is 42.5 Å². The van der Waals surface area contributed by atoms with Crippen molar-refractivity contribution in [2.45, 2.75) is 39.0 Å². The Labute approximate surface area is 172 Å². The number of hydrogen-bond donors (Lipinski definition) is 2. The van der Waals surface area contributed by atoms with Crippen LogP contribution >= 0.6 is 0 Å². The van der Waals surface area contributed by atoms with Crippen molar-refractivity contribution in [3.8, 4) is 5.75 Å². The molecule has 0 aliphatic heterocycles. The minimum atomic E-state index is -0.326. The molecule has 2 aromatic carbocycles. The van der Waals surface area contributed by atoms with E-state index in [4.69, 9.17) is 9.47 Å². The zero-order valence-electron chi connectivity index (χ0n) is 17.4. The first-order valence-corrected chi connectivity index (χ1v) is 10.1. The van der Waals surface area contributed by atoms with Crippen LogP contribution in [0.25, 0.3) is 0 Å². The molecule has 5 nitrogen and oxygen atoms in total. The molecule has 0 spiro atoms. The Hall–Kier alpha value is -2.60. The molecule has 1 saturated carbocycles. The lowest BCUT2D eigenvalue weighted by Gasteiger charge is -2.19. The molecule has 1 atom stereocenters. The Morgan fingerprint density at radius 2 is 1.97 bits per heavy atom. The highest BCUT2D eigenvalue weighted by Crippen LogP contribution is 2.30. The zero-order valence-corrected chi connectivity index (χ0v) is 17.4. The van der Waals surface area contributed by atoms with E-state index in [1.54, 1.807) is 20.2 Å². The van der Waals surface area contributed by atoms with Crippen LogP contribution in [-0.2, 0) is 17.9 Å². The molecule has 0 saturated heterocycles. The molecular weight excluding hydrogens is 369 g/mol. The summed E-state index contributed by atoms with van der Waals surface area (Å²) in [6.45, 7) is 3.76. The van der Waals surface area contributed by atoms with E-state index >= 15 is 0 Å². The predicted molar refractivity (Wildman–Crippen MR) is 114 cm³/mol. The summed E-state index contributed by atoms with van der Waals surface area (Å²) in [5.74, 6) is 1.25. The van der Waals surface area contributed by atoms with Gasteiger partial charge in [-0.05, 0) is 54.5 Å². The van der Waals surface area contributed by atoms with Crippen molar-refractivity contribution >= 4 is 5.96 Å². The van der Waals surface area contributed by atoms with Gasteiger partial charge in [0.2, 0.25) is 0 Å². The standard InChI is InChI=1S/C23H30FN3O2/c1-16(18-10-11-22(21(24)12-18)29-14-17-8-9-17)27-23(25-2)26-13-19-6-4-5-7-20(19)15-28-3/h4-7,10-12,16-17H,8-9,13-15H2,1-3H3,(H2,25,26,27). The molecule has 0 amide bonds. The maximum atomic E-state index is 14.4. The smallest absolute Gasteiger partial charge is 0.191 e. The average Bonchev–Trinajstić information content (AvgIpc) is 3.55. The number of halogens is 1. The van der Waals surface area contributed by atoms with Crippen LogP contribution in [0.4, 0.5) is 4.39 Å². The fraction of sp³-hybridized carbons (Fsp3) is 0.435. The number of aliphatic imine (C=N–C) groups is 1. The van der Waals surface area contributed by atoms with Crippen molar-refractivity contribution in [3.05, 3.63) is 65.0 Å². The van der Waals surface area contributed by atoms with Gasteiger partial charge in [0, 0.05) is 20.7 Å². The topological polar surface area (TPSA) is 54.9 Å². The van der Waals surface area contributed by atoms with Gasteiger partial charge in [-0.25, -0.2) is 4.39 Å². The highest BCUT2D eigenvalue weighted by atomic mass is 19.1. The van der Waals surface area contributed by atoms with Crippen LogP contribution in [0.5, 0.6) is 5.75 Å². The van der Waals surface area contributed by atoms with Gasteiger partial charge in [-0.15, -0.1) is 0 Å². The maximum Gasteiger partial charge on any atom is 0.191 e. The van der Waals surface area contributed by atoms with Crippen molar-refractivity contribution in [1.29, 1.82) is 0 Å². The number of guanidine groups is 1. The first-order valence-electron chi connectivity index (χ1n) is 10.1. The summed E-state index contributed by atoms with van der Waals surface area (Å²) in [5.41, 5.74) is 3.12. The van der Waals surface area contributed by atoms with Crippen LogP contribution in [0, 0.1) is 11.7 Å². The molecule has 2 aromatic rings. The lowest BCUT2D eigenvalue weighted by atomic mass is 10.1. The largest absolute Gasteiger partial charge is 0.490 e. The molecule has 3 rings (SSSR count). The van der Waals surface area contributed by atoms with Gasteiger partial charge >= 0.3 is 0 Å². The maximum absolute atomic E-state index is 14.4. The molecule has 6 heteroatoms. The molecule has 29 heavy (non-hydrogen) atoms. The van der Waals surface area contributed by atoms with E-state index in [-0.39, 0.29) is 11.9 Å². The third-order valence-electron chi connectivity index (χ3n) is 5.07. The Bertz CT molecular complexity index is 837. The predicted octanol–water partition coefficient (Wildman–Crippen LogP) is 4.19. The number of ether oxygens (including phenoxy) is 2. The zero-order chi connectivity index (χ0) is 20.6. The number of benzene rings is 2. The van der Waals surface area contributed by atoms with E-state index in [0.29, 0.717) is 37.4 Å². The second-order valence-electron chi connectivity index (χ2n) is 7.44. The van der Waals surface area contributed by atoms with E-state index < -0.39 is 0 Å². The lowest BCUT2D eigenvalue weighted by Crippen LogP contribution is -2.38. The van der Waals surface area contributed by atoms with E-state index in [1.807, 2.05) is 25.1 Å². The minimum Gasteiger partial charge on any atom is -0.490 e. The van der Waals surface area contributed by atoms with Crippen LogP contribution in [0.15, 0.2) is 47.5 Å². The van der Waals surface area contributed by atoms with Gasteiger partial charge in [0.05, 0.1) is 19.3 Å². The van der Waals surface area contributed by atoms with Crippen molar-refractivity contribution in [3.63, 3.8) is 0 Å². The first kappa shape index (κ1) is 21.1. The van der Waals surface area contributed by atoms with E-state index in [2.05, 4.69) is 27.8 Å². The number of nitrogens with zero attached hydrogens (tertiary/aromatic N) is 1. The van der Waals surface area contributed by atoms with Gasteiger partial charge in [-0.1, -0.05) is 30.3 Å². The summed E-state index contributed by atoms with van der Waals surface area (Å²) in [7, 11) is 3.41. The molecule has 156 valence electrons. The molecule has 2 N–H and O–H groups in total. The van der Waals surface area contributed by atoms with E-state index in [0.717, 1.165) is 16.7 Å². The highest BCUT2D eigenvalue weighted by Gasteiger charge is 2.22. The summed E-state index contributed by atoms with van der Waals surface area (Å²) >= 11 is 0. The molecule has 1 aliphatic rings. The van der Waals surface area contributed by atoms with Crippen LogP contribution in [0.2, 0.25) is 0 Å². The van der Waals surface area contributed by atoms with Crippen molar-refractivity contribution in [1.82, 2.24) is 10.6 Å². The Kier molecular flexibility index (Phi) is 7.47. The monoisotopic (exact) mass is 399 g/mol. The number of hydrogen-bond acceptors (Lipinski definition) is 3. The molecule has 0 aromatic heterocycles. The van der Waals surface area contributed by atoms with Gasteiger partial charge in [-0.3, -0.25) is 4.99 Å². The summed E-state index contributed by atoms with van der Waals surface area (Å²) < 4.78 is 25.2. The summed E-state index contributed by atoms with van der Waals surface area (Å²) in [4.78, 5) is 4.28. The van der Waals surface area contributed by atoms with Crippen molar-refractivity contribution in [2.24, 2.45) is 10.9 Å². The third kappa shape index (κ3) is 6.19. The van der Waals surface area contributed by atoms with Crippen LogP contribution in [0.3, 0.4) is 0 Å². The second kappa shape index (κ2) is 10.3. The summed E-state index contributed by atoms with van der Waals surface area (Å²) in [6.07, 6.45) is 2.37. The van der Waals surface area contributed by atoms with Crippen LogP contribution < -0.4 is 15.4 Å². The highest BCUT2D eigenvalue weighted by molar-refractivity contribution is 5.80. The van der Waals surface area contributed by atoms with Gasteiger partial charge < -0.3 is 20.1 Å². The summed E-state index contributed by atoms with van der Waals surface area (Å²) in [6, 6.07) is 13.1. The fourth-order valence-corrected chi connectivity index (χ4v) is 3.08. The number of rotatable bonds is 9. The first-order chi connectivity index (χ1) is 14.1. The van der Waals surface area contributed by atoms with Crippen LogP contribution in [-0.4, -0.2) is 26.7 Å². The molecule has 1 unspecified atom stereocenters. The number of nitrogens with one attached hydrogen (secondary N) is 2. The summed E-state index contributed by atoms with van der Waals surface area (Å²) in [5, 5.41) is 6.63. The molecule has 0 radical (unpaired) electrons. The third-order valence-corrected chi connectivity index (χ3v) is 5.07. The molecule has 0 heterocycles. The Morgan fingerprint density at radius 1 is 1.21 bits per heavy atom. The number of methoxy groups -OCH3 is 1. The van der Waals surface area contributed by atoms with Gasteiger partial charge in [0.25, 0.3) is 0 Å². The SMILES string of the molecule is CN=C(NCc1ccccc1COC)NC(C)c1ccc(OCC2CC2)c(F)c1. The molecule has 1 fully saturated rings. The molecule has 0 bridgehead atoms. The van der Waals surface area contributed by atoms with Gasteiger partial charge in [-0.2, -0.15) is 0 Å². The van der Waals surface area contributed by atoms with Gasteiger partial charge in [0.1, 0.15) is 0 Å². The lowest BCUT2D eigenvalue weighted by molar-refractivity contribution is 0.184. The Balaban J connectivity index is 1.56. The van der Waals surface area contributed by atoms with E-state index in [9.17, 15) is 4.39 Å². The van der Waals surface area contributed by atoms with E-state index in [1.165, 1.54) is 18.9 Å². The van der Waals surface area contributed by atoms with Gasteiger partial charge in [0.15, 0.2) is 17.5 Å². The Morgan fingerprint density at radius 3 is 2.62 bits per heavy atom. The molecular formula is C23H30FN3O2. The van der Waals surface area contributed by atoms with Crippen molar-refractivity contribution < 1.29 is 13.9 Å². The average molecular weight is 400 g/mol. The molecule has 1 aliphatic carbocycles. The quantitative estimate of drug-likeness (QED) is 0.490. The minimum absolute atomic E-state index is 0.109.